The fraction of sp³-hybridized carbons (Fsp3) is 0.174. The molecule has 35 heavy (non-hydrogen) atoms. The topological polar surface area (TPSA) is 140 Å². The lowest BCUT2D eigenvalue weighted by atomic mass is 10.1. The van der Waals surface area contributed by atoms with Crippen molar-refractivity contribution in [3.63, 3.8) is 0 Å². The highest BCUT2D eigenvalue weighted by Gasteiger charge is 2.24. The Kier molecular flexibility index (Phi) is 8.28. The van der Waals surface area contributed by atoms with Crippen molar-refractivity contribution in [2.45, 2.75) is 17.4 Å². The molecule has 0 aliphatic carbocycles. The van der Waals surface area contributed by atoms with Crippen molar-refractivity contribution < 1.29 is 22.7 Å². The second-order valence-electron chi connectivity index (χ2n) is 7.50. The molecule has 2 aromatic carbocycles. The number of nitrogen functional groups attached to an aromatic ring is 1. The predicted octanol–water partition coefficient (Wildman–Crippen LogP) is 2.63. The average Bonchev–Trinajstić information content (AvgIpc) is 3.25. The molecule has 0 fully saturated rings. The third kappa shape index (κ3) is 6.06. The molecule has 0 saturated heterocycles. The summed E-state index contributed by atoms with van der Waals surface area (Å²) in [6.45, 7) is -0.536. The number of methoxy groups -OCH3 is 1. The zero-order valence-electron chi connectivity index (χ0n) is 18.6. The average molecular weight is 535 g/mol. The van der Waals surface area contributed by atoms with E-state index in [1.165, 1.54) is 30.6 Å². The van der Waals surface area contributed by atoms with Crippen LogP contribution in [0.25, 0.3) is 20.9 Å². The van der Waals surface area contributed by atoms with Gasteiger partial charge in [0.25, 0.3) is 0 Å². The van der Waals surface area contributed by atoms with Crippen LogP contribution in [0.15, 0.2) is 65.7 Å². The summed E-state index contributed by atoms with van der Waals surface area (Å²) < 4.78 is 33.4. The molecule has 0 aliphatic heterocycles. The number of hydrogen-bond acceptors (Lipinski definition) is 8. The van der Waals surface area contributed by atoms with Crippen LogP contribution in [0.3, 0.4) is 0 Å². The summed E-state index contributed by atoms with van der Waals surface area (Å²) in [4.78, 5) is 29.7. The van der Waals surface area contributed by atoms with Gasteiger partial charge in [-0.15, -0.1) is 23.7 Å². The molecular weight excluding hydrogens is 512 g/mol. The maximum Gasteiger partial charge on any atom is 0.328 e. The first-order valence-corrected chi connectivity index (χ1v) is 12.6. The smallest absolute Gasteiger partial charge is 0.328 e. The van der Waals surface area contributed by atoms with E-state index in [9.17, 15) is 18.0 Å². The third-order valence-corrected chi connectivity index (χ3v) is 7.73. The zero-order valence-corrected chi connectivity index (χ0v) is 21.0. The minimum atomic E-state index is -3.94. The van der Waals surface area contributed by atoms with E-state index in [-0.39, 0.29) is 23.7 Å². The van der Waals surface area contributed by atoms with Crippen LogP contribution in [-0.4, -0.2) is 45.0 Å². The lowest BCUT2D eigenvalue weighted by Crippen LogP contribution is -2.46. The number of esters is 1. The highest BCUT2D eigenvalue weighted by Crippen LogP contribution is 2.29. The number of nitrogens with zero attached hydrogens (tertiary/aromatic N) is 1. The first-order chi connectivity index (χ1) is 16.3. The number of sulfonamides is 1. The van der Waals surface area contributed by atoms with Gasteiger partial charge in [0.15, 0.2) is 0 Å². The van der Waals surface area contributed by atoms with Gasteiger partial charge in [0.1, 0.15) is 11.9 Å². The van der Waals surface area contributed by atoms with E-state index in [0.717, 1.165) is 25.7 Å². The van der Waals surface area contributed by atoms with Gasteiger partial charge in [-0.3, -0.25) is 4.79 Å². The van der Waals surface area contributed by atoms with Gasteiger partial charge in [-0.25, -0.2) is 22.9 Å². The fourth-order valence-corrected chi connectivity index (χ4v) is 5.63. The molecule has 0 radical (unpaired) electrons. The van der Waals surface area contributed by atoms with Crippen molar-refractivity contribution in [3.05, 3.63) is 65.7 Å². The monoisotopic (exact) mass is 534 g/mol. The van der Waals surface area contributed by atoms with Crippen molar-refractivity contribution in [2.24, 2.45) is 0 Å². The Morgan fingerprint density at radius 2 is 1.86 bits per heavy atom. The summed E-state index contributed by atoms with van der Waals surface area (Å²) in [5, 5.41) is 4.98. The van der Waals surface area contributed by atoms with Crippen molar-refractivity contribution in [1.82, 2.24) is 15.0 Å². The van der Waals surface area contributed by atoms with Gasteiger partial charge >= 0.3 is 5.97 Å². The maximum absolute atomic E-state index is 12.7. The molecule has 4 aromatic rings. The molecular formula is C23H23ClN4O5S2. The summed E-state index contributed by atoms with van der Waals surface area (Å²) in [6.07, 6.45) is 1.76. The van der Waals surface area contributed by atoms with Crippen LogP contribution in [0, 0.1) is 0 Å². The molecule has 0 spiro atoms. The Balaban J connectivity index is 0.00000342. The summed E-state index contributed by atoms with van der Waals surface area (Å²) in [6, 6.07) is 14.7. The number of fused-ring (bicyclic) bond motifs is 2. The molecule has 12 heteroatoms. The first kappa shape index (κ1) is 26.4. The number of aromatic nitrogens is 1. The number of nitrogens with one attached hydrogen (secondary N) is 2. The van der Waals surface area contributed by atoms with E-state index in [2.05, 4.69) is 15.0 Å². The maximum atomic E-state index is 12.7. The fourth-order valence-electron chi connectivity index (χ4n) is 3.50. The van der Waals surface area contributed by atoms with Gasteiger partial charge in [0, 0.05) is 27.6 Å². The highest BCUT2D eigenvalue weighted by atomic mass is 35.5. The minimum Gasteiger partial charge on any atom is -0.467 e. The number of benzene rings is 2. The lowest BCUT2D eigenvalue weighted by molar-refractivity contribution is -0.144. The van der Waals surface area contributed by atoms with E-state index < -0.39 is 34.5 Å². The van der Waals surface area contributed by atoms with Crippen molar-refractivity contribution in [1.29, 1.82) is 0 Å². The second kappa shape index (κ2) is 11.0. The number of rotatable bonds is 8. The van der Waals surface area contributed by atoms with Crippen molar-refractivity contribution >= 4 is 72.3 Å². The van der Waals surface area contributed by atoms with E-state index in [1.54, 1.807) is 18.3 Å². The van der Waals surface area contributed by atoms with E-state index >= 15 is 0 Å². The standard InChI is InChI=1S/C23H22N4O5S2.ClH/c1-32-23(29)19(12-16-11-18-20(33-16)8-9-25-22(18)24)27-21(28)13-26-34(30,31)17-7-6-14-4-2-3-5-15(14)10-17;/h2-11,19,26H,12-13H2,1H3,(H2,24,25)(H,27,28);1H. The highest BCUT2D eigenvalue weighted by molar-refractivity contribution is 7.89. The number of nitrogens with two attached hydrogens (primary N) is 1. The van der Waals surface area contributed by atoms with Crippen LogP contribution in [0.5, 0.6) is 0 Å². The minimum absolute atomic E-state index is 0. The van der Waals surface area contributed by atoms with E-state index in [0.29, 0.717) is 5.82 Å². The summed E-state index contributed by atoms with van der Waals surface area (Å²) in [7, 11) is -2.72. The van der Waals surface area contributed by atoms with Gasteiger partial charge in [0.05, 0.1) is 18.6 Å². The number of ether oxygens (including phenoxy) is 1. The Labute approximate surface area is 212 Å². The molecule has 2 heterocycles. The van der Waals surface area contributed by atoms with Gasteiger partial charge in [0.2, 0.25) is 15.9 Å². The SMILES string of the molecule is COC(=O)C(Cc1cc2c(N)nccc2s1)NC(=O)CNS(=O)(=O)c1ccc2ccccc2c1.Cl. The van der Waals surface area contributed by atoms with Crippen LogP contribution in [0.4, 0.5) is 5.82 Å². The Hall–Kier alpha value is -3.25. The quantitative estimate of drug-likeness (QED) is 0.295. The number of hydrogen-bond donors (Lipinski definition) is 3. The van der Waals surface area contributed by atoms with Crippen molar-refractivity contribution in [3.8, 4) is 0 Å². The number of carbonyl (C=O) groups is 2. The second-order valence-corrected chi connectivity index (χ2v) is 10.4. The van der Waals surface area contributed by atoms with Gasteiger partial charge in [-0.2, -0.15) is 0 Å². The van der Waals surface area contributed by atoms with Crippen LogP contribution < -0.4 is 15.8 Å². The predicted molar refractivity (Wildman–Crippen MR) is 138 cm³/mol. The molecule has 0 saturated carbocycles. The summed E-state index contributed by atoms with van der Waals surface area (Å²) in [5.41, 5.74) is 5.89. The first-order valence-electron chi connectivity index (χ1n) is 10.3. The molecule has 1 atom stereocenters. The van der Waals surface area contributed by atoms with E-state index in [4.69, 9.17) is 10.5 Å². The molecule has 1 unspecified atom stereocenters. The van der Waals surface area contributed by atoms with Crippen molar-refractivity contribution in [2.75, 3.05) is 19.4 Å². The number of pyridine rings is 1. The van der Waals surface area contributed by atoms with Gasteiger partial charge < -0.3 is 15.8 Å². The molecule has 4 N–H and O–H groups in total. The zero-order chi connectivity index (χ0) is 24.3. The Morgan fingerprint density at radius 3 is 2.57 bits per heavy atom. The number of carbonyl (C=O) groups excluding carboxylic acids is 2. The largest absolute Gasteiger partial charge is 0.467 e. The Morgan fingerprint density at radius 1 is 1.11 bits per heavy atom. The number of amides is 1. The van der Waals surface area contributed by atoms with Crippen LogP contribution in [0.1, 0.15) is 4.88 Å². The molecule has 184 valence electrons. The van der Waals surface area contributed by atoms with Gasteiger partial charge in [-0.1, -0.05) is 30.3 Å². The number of thiophene rings is 1. The van der Waals surface area contributed by atoms with Crippen LogP contribution >= 0.6 is 23.7 Å². The van der Waals surface area contributed by atoms with Gasteiger partial charge in [-0.05, 0) is 35.0 Å². The molecule has 1 amide bonds. The summed E-state index contributed by atoms with van der Waals surface area (Å²) in [5.74, 6) is -0.932. The molecule has 9 nitrogen and oxygen atoms in total. The lowest BCUT2D eigenvalue weighted by Gasteiger charge is -2.16. The van der Waals surface area contributed by atoms with Crippen LogP contribution in [-0.2, 0) is 30.8 Å². The molecule has 4 rings (SSSR count). The number of anilines is 1. The molecule has 2 aromatic heterocycles. The van der Waals surface area contributed by atoms with Crippen LogP contribution in [0.2, 0.25) is 0 Å². The Bertz CT molecular complexity index is 1490. The summed E-state index contributed by atoms with van der Waals surface area (Å²) >= 11 is 1.42. The molecule has 0 bridgehead atoms. The number of halogens is 1. The normalized spacial score (nSPS) is 12.1. The van der Waals surface area contributed by atoms with E-state index in [1.807, 2.05) is 30.3 Å². The third-order valence-electron chi connectivity index (χ3n) is 5.21. The molecule has 0 aliphatic rings.